The molecule has 36 heavy (non-hydrogen) atoms. The van der Waals surface area contributed by atoms with E-state index in [-0.39, 0.29) is 23.2 Å². The van der Waals surface area contributed by atoms with Gasteiger partial charge in [-0.1, -0.05) is 99.1 Å². The summed E-state index contributed by atoms with van der Waals surface area (Å²) in [6, 6.07) is 23.4. The van der Waals surface area contributed by atoms with Crippen LogP contribution in [-0.2, 0) is 28.0 Å². The molecule has 1 amide bonds. The summed E-state index contributed by atoms with van der Waals surface area (Å²) in [6.45, 7) is 10.8. The zero-order valence-corrected chi connectivity index (χ0v) is 21.8. The number of hydrogen-bond donors (Lipinski definition) is 1. The number of amides is 1. The third-order valence-corrected chi connectivity index (χ3v) is 7.03. The van der Waals surface area contributed by atoms with Gasteiger partial charge in [0, 0.05) is 13.0 Å². The normalized spacial score (nSPS) is 16.1. The molecular formula is C32H35NO3. The van der Waals surface area contributed by atoms with Gasteiger partial charge in [0.05, 0.1) is 11.6 Å². The van der Waals surface area contributed by atoms with Crippen LogP contribution in [0.25, 0.3) is 0 Å². The minimum atomic E-state index is -0.630. The third-order valence-electron chi connectivity index (χ3n) is 7.03. The van der Waals surface area contributed by atoms with E-state index in [1.807, 2.05) is 68.4 Å². The Labute approximate surface area is 214 Å². The lowest BCUT2D eigenvalue weighted by molar-refractivity contribution is -0.130. The Kier molecular flexibility index (Phi) is 7.16. The van der Waals surface area contributed by atoms with Gasteiger partial charge < -0.3 is 10.0 Å². The first-order valence-electron chi connectivity index (χ1n) is 12.5. The van der Waals surface area contributed by atoms with Crippen LogP contribution in [0.15, 0.2) is 84.1 Å². The summed E-state index contributed by atoms with van der Waals surface area (Å²) in [5.74, 6) is -1.12. The van der Waals surface area contributed by atoms with E-state index < -0.39 is 17.7 Å². The van der Waals surface area contributed by atoms with Crippen molar-refractivity contribution in [2.24, 2.45) is 0 Å². The molecule has 4 rings (SSSR count). The third kappa shape index (κ3) is 5.28. The summed E-state index contributed by atoms with van der Waals surface area (Å²) in [5.41, 5.74) is 6.40. The van der Waals surface area contributed by atoms with Gasteiger partial charge >= 0.3 is 0 Å². The first-order chi connectivity index (χ1) is 17.1. The average molecular weight is 482 g/mol. The van der Waals surface area contributed by atoms with Crippen LogP contribution < -0.4 is 0 Å². The molecule has 0 spiro atoms. The number of aryl methyl sites for hydroxylation is 3. The first kappa shape index (κ1) is 25.4. The summed E-state index contributed by atoms with van der Waals surface area (Å²) in [5, 5.41) is 11.0. The summed E-state index contributed by atoms with van der Waals surface area (Å²) in [4.78, 5) is 28.5. The maximum atomic E-state index is 13.5. The van der Waals surface area contributed by atoms with Crippen molar-refractivity contribution in [1.82, 2.24) is 4.90 Å². The molecule has 1 unspecified atom stereocenters. The lowest BCUT2D eigenvalue weighted by atomic mass is 9.85. The Morgan fingerprint density at radius 1 is 0.944 bits per heavy atom. The second kappa shape index (κ2) is 10.1. The maximum absolute atomic E-state index is 13.5. The molecule has 3 aromatic carbocycles. The highest BCUT2D eigenvalue weighted by Gasteiger charge is 2.43. The molecule has 0 saturated heterocycles. The van der Waals surface area contributed by atoms with Crippen molar-refractivity contribution in [3.63, 3.8) is 0 Å². The molecule has 0 aromatic heterocycles. The number of benzene rings is 3. The summed E-state index contributed by atoms with van der Waals surface area (Å²) in [6.07, 6.45) is 0.780. The molecule has 1 atom stereocenters. The molecule has 4 heteroatoms. The molecule has 186 valence electrons. The molecule has 4 nitrogen and oxygen atoms in total. The van der Waals surface area contributed by atoms with Gasteiger partial charge in [0.1, 0.15) is 0 Å². The minimum Gasteiger partial charge on any atom is -0.503 e. The fourth-order valence-electron chi connectivity index (χ4n) is 4.80. The quantitative estimate of drug-likeness (QED) is 0.409. The van der Waals surface area contributed by atoms with E-state index in [1.54, 1.807) is 4.90 Å². The van der Waals surface area contributed by atoms with E-state index in [9.17, 15) is 14.7 Å². The maximum Gasteiger partial charge on any atom is 0.290 e. The number of hydrogen-bond acceptors (Lipinski definition) is 3. The lowest BCUT2D eigenvalue weighted by Gasteiger charge is -2.28. The van der Waals surface area contributed by atoms with Crippen molar-refractivity contribution in [2.45, 2.75) is 65.5 Å². The highest BCUT2D eigenvalue weighted by Crippen LogP contribution is 2.40. The molecule has 0 aliphatic carbocycles. The zero-order chi connectivity index (χ0) is 26.0. The second-order valence-corrected chi connectivity index (χ2v) is 10.8. The van der Waals surface area contributed by atoms with Gasteiger partial charge in [-0.2, -0.15) is 0 Å². The van der Waals surface area contributed by atoms with E-state index in [1.165, 1.54) is 5.56 Å². The monoisotopic (exact) mass is 481 g/mol. The van der Waals surface area contributed by atoms with E-state index in [0.717, 1.165) is 27.8 Å². The highest BCUT2D eigenvalue weighted by atomic mass is 16.3. The molecule has 1 aliphatic rings. The number of Topliss-reactive ketones (excluding diaryl/α,β-unsaturated/α-hetero) is 1. The second-order valence-electron chi connectivity index (χ2n) is 10.8. The molecule has 3 aromatic rings. The Morgan fingerprint density at radius 3 is 2.25 bits per heavy atom. The van der Waals surface area contributed by atoms with E-state index in [0.29, 0.717) is 13.0 Å². The van der Waals surface area contributed by atoms with Crippen molar-refractivity contribution in [3.8, 4) is 0 Å². The van der Waals surface area contributed by atoms with Gasteiger partial charge in [0.25, 0.3) is 5.91 Å². The number of rotatable bonds is 7. The van der Waals surface area contributed by atoms with Gasteiger partial charge in [-0.05, 0) is 53.5 Å². The largest absolute Gasteiger partial charge is 0.503 e. The SMILES string of the molecule is Cc1ccc(C)c(CN2C(=O)C(O)=C(C(=O)CCc3ccccc3)C2c2ccc(C(C)(C)C)cc2)c1. The van der Waals surface area contributed by atoms with E-state index >= 15 is 0 Å². The Hall–Kier alpha value is -3.66. The minimum absolute atomic E-state index is 0.0191. The Balaban J connectivity index is 1.71. The number of ketones is 1. The average Bonchev–Trinajstić information content (AvgIpc) is 3.10. The predicted molar refractivity (Wildman–Crippen MR) is 144 cm³/mol. The van der Waals surface area contributed by atoms with Crippen LogP contribution >= 0.6 is 0 Å². The van der Waals surface area contributed by atoms with Gasteiger partial charge in [0.15, 0.2) is 11.5 Å². The van der Waals surface area contributed by atoms with E-state index in [2.05, 4.69) is 39.0 Å². The predicted octanol–water partition coefficient (Wildman–Crippen LogP) is 6.70. The van der Waals surface area contributed by atoms with Crippen molar-refractivity contribution < 1.29 is 14.7 Å². The van der Waals surface area contributed by atoms with Crippen LogP contribution in [0.5, 0.6) is 0 Å². The summed E-state index contributed by atoms with van der Waals surface area (Å²) >= 11 is 0. The molecule has 0 radical (unpaired) electrons. The van der Waals surface area contributed by atoms with Gasteiger partial charge in [-0.15, -0.1) is 0 Å². The smallest absolute Gasteiger partial charge is 0.290 e. The Bertz CT molecular complexity index is 1300. The standard InChI is InChI=1S/C32H35NO3/c1-21-11-12-22(2)25(19-21)20-33-29(24-14-16-26(17-15-24)32(3,4)5)28(30(35)31(33)36)27(34)18-13-23-9-7-6-8-10-23/h6-12,14-17,19,29,35H,13,18,20H2,1-5H3. The van der Waals surface area contributed by atoms with Gasteiger partial charge in [-0.3, -0.25) is 9.59 Å². The van der Waals surface area contributed by atoms with Gasteiger partial charge in [-0.25, -0.2) is 0 Å². The number of aliphatic hydroxyl groups is 1. The van der Waals surface area contributed by atoms with Crippen molar-refractivity contribution >= 4 is 11.7 Å². The highest BCUT2D eigenvalue weighted by molar-refractivity contribution is 6.09. The van der Waals surface area contributed by atoms with Gasteiger partial charge in [0.2, 0.25) is 0 Å². The number of aliphatic hydroxyl groups excluding tert-OH is 1. The molecule has 1 aliphatic heterocycles. The van der Waals surface area contributed by atoms with Crippen LogP contribution in [-0.4, -0.2) is 21.7 Å². The fraction of sp³-hybridized carbons (Fsp3) is 0.312. The van der Waals surface area contributed by atoms with Crippen LogP contribution in [0.3, 0.4) is 0 Å². The molecule has 1 heterocycles. The molecule has 0 saturated carbocycles. The van der Waals surface area contributed by atoms with Crippen molar-refractivity contribution in [2.75, 3.05) is 0 Å². The van der Waals surface area contributed by atoms with Crippen LogP contribution in [0, 0.1) is 13.8 Å². The fourth-order valence-corrected chi connectivity index (χ4v) is 4.80. The molecule has 1 N–H and O–H groups in total. The summed E-state index contributed by atoms with van der Waals surface area (Å²) < 4.78 is 0. The van der Waals surface area contributed by atoms with Crippen molar-refractivity contribution in [1.29, 1.82) is 0 Å². The van der Waals surface area contributed by atoms with Crippen LogP contribution in [0.4, 0.5) is 0 Å². The number of carbonyl (C=O) groups is 2. The van der Waals surface area contributed by atoms with Crippen molar-refractivity contribution in [3.05, 3.63) is 118 Å². The lowest BCUT2D eigenvalue weighted by Crippen LogP contribution is -2.31. The molecule has 0 bridgehead atoms. The number of carbonyl (C=O) groups excluding carboxylic acids is 2. The first-order valence-corrected chi connectivity index (χ1v) is 12.5. The molecule has 0 fully saturated rings. The topological polar surface area (TPSA) is 57.6 Å². The number of nitrogens with zero attached hydrogens (tertiary/aromatic N) is 1. The van der Waals surface area contributed by atoms with E-state index in [4.69, 9.17) is 0 Å². The van der Waals surface area contributed by atoms with Crippen LogP contribution in [0.1, 0.15) is 66.6 Å². The summed E-state index contributed by atoms with van der Waals surface area (Å²) in [7, 11) is 0. The zero-order valence-electron chi connectivity index (χ0n) is 21.8. The van der Waals surface area contributed by atoms with Crippen LogP contribution in [0.2, 0.25) is 0 Å². The Morgan fingerprint density at radius 2 is 1.61 bits per heavy atom. The molecular weight excluding hydrogens is 446 g/mol.